The first kappa shape index (κ1) is 14.0. The van der Waals surface area contributed by atoms with Crippen LogP contribution in [0.15, 0.2) is 24.5 Å². The molecule has 1 amide bonds. The Labute approximate surface area is 116 Å². The quantitative estimate of drug-likeness (QED) is 0.777. The Morgan fingerprint density at radius 1 is 1.45 bits per heavy atom. The number of carbonyl (C=O) groups excluding carboxylic acids is 1. The standard InChI is InChI=1S/C14H17N3O3/c1-14(2,6-5-11(18)19)17-13(20)10-8-16-12-9(10)4-3-7-15-12/h3-4,7-8H,5-6H2,1-2H3,(H,15,16)(H,17,20)(H,18,19). The molecule has 0 aliphatic heterocycles. The number of aromatic nitrogens is 2. The summed E-state index contributed by atoms with van der Waals surface area (Å²) in [6.07, 6.45) is 3.65. The van der Waals surface area contributed by atoms with Gasteiger partial charge >= 0.3 is 5.97 Å². The first-order chi connectivity index (χ1) is 9.39. The molecule has 6 heteroatoms. The van der Waals surface area contributed by atoms with Gasteiger partial charge in [-0.2, -0.15) is 0 Å². The zero-order valence-corrected chi connectivity index (χ0v) is 11.4. The predicted molar refractivity (Wildman–Crippen MR) is 74.5 cm³/mol. The van der Waals surface area contributed by atoms with E-state index in [2.05, 4.69) is 15.3 Å². The van der Waals surface area contributed by atoms with E-state index in [0.29, 0.717) is 17.6 Å². The van der Waals surface area contributed by atoms with E-state index in [1.165, 1.54) is 0 Å². The summed E-state index contributed by atoms with van der Waals surface area (Å²) in [5.41, 5.74) is 0.582. The van der Waals surface area contributed by atoms with Crippen LogP contribution in [0.2, 0.25) is 0 Å². The number of amides is 1. The van der Waals surface area contributed by atoms with Crippen LogP contribution in [0.3, 0.4) is 0 Å². The number of H-pyrrole nitrogens is 1. The number of fused-ring (bicyclic) bond motifs is 1. The van der Waals surface area contributed by atoms with Crippen molar-refractivity contribution in [3.8, 4) is 0 Å². The molecule has 0 atom stereocenters. The van der Waals surface area contributed by atoms with Crippen LogP contribution in [0.1, 0.15) is 37.0 Å². The van der Waals surface area contributed by atoms with Crippen LogP contribution in [0.4, 0.5) is 0 Å². The molecule has 106 valence electrons. The van der Waals surface area contributed by atoms with Crippen molar-refractivity contribution in [2.24, 2.45) is 0 Å². The summed E-state index contributed by atoms with van der Waals surface area (Å²) in [5.74, 6) is -1.11. The Hall–Kier alpha value is -2.37. The maximum Gasteiger partial charge on any atom is 0.303 e. The van der Waals surface area contributed by atoms with Crippen LogP contribution < -0.4 is 5.32 Å². The number of pyridine rings is 1. The van der Waals surface area contributed by atoms with Crippen LogP contribution in [-0.2, 0) is 4.79 Å². The minimum atomic E-state index is -0.872. The summed E-state index contributed by atoms with van der Waals surface area (Å²) in [5, 5.41) is 12.3. The molecule has 0 aliphatic carbocycles. The van der Waals surface area contributed by atoms with Gasteiger partial charge in [0, 0.05) is 29.7 Å². The molecule has 0 aliphatic rings. The van der Waals surface area contributed by atoms with E-state index in [1.807, 2.05) is 6.07 Å². The lowest BCUT2D eigenvalue weighted by Crippen LogP contribution is -2.43. The van der Waals surface area contributed by atoms with Gasteiger partial charge in [-0.1, -0.05) is 0 Å². The maximum absolute atomic E-state index is 12.3. The zero-order valence-electron chi connectivity index (χ0n) is 11.4. The number of nitrogens with one attached hydrogen (secondary N) is 2. The molecular formula is C14H17N3O3. The lowest BCUT2D eigenvalue weighted by Gasteiger charge is -2.25. The highest BCUT2D eigenvalue weighted by molar-refractivity contribution is 6.06. The molecule has 2 rings (SSSR count). The molecule has 0 fully saturated rings. The molecular weight excluding hydrogens is 258 g/mol. The Morgan fingerprint density at radius 2 is 2.20 bits per heavy atom. The highest BCUT2D eigenvalue weighted by Gasteiger charge is 2.23. The molecule has 0 aromatic carbocycles. The molecule has 3 N–H and O–H groups in total. The van der Waals surface area contributed by atoms with Gasteiger partial charge in [0.05, 0.1) is 5.56 Å². The first-order valence-corrected chi connectivity index (χ1v) is 6.35. The summed E-state index contributed by atoms with van der Waals surface area (Å²) in [6, 6.07) is 3.58. The van der Waals surface area contributed by atoms with Crippen LogP contribution in [0.25, 0.3) is 11.0 Å². The van der Waals surface area contributed by atoms with Gasteiger partial charge in [-0.15, -0.1) is 0 Å². The second-order valence-electron chi connectivity index (χ2n) is 5.33. The largest absolute Gasteiger partial charge is 0.481 e. The summed E-state index contributed by atoms with van der Waals surface area (Å²) < 4.78 is 0. The van der Waals surface area contributed by atoms with Gasteiger partial charge < -0.3 is 15.4 Å². The normalized spacial score (nSPS) is 11.5. The molecule has 6 nitrogen and oxygen atoms in total. The average molecular weight is 275 g/mol. The number of hydrogen-bond acceptors (Lipinski definition) is 3. The van der Waals surface area contributed by atoms with E-state index < -0.39 is 11.5 Å². The molecule has 0 saturated heterocycles. The Morgan fingerprint density at radius 3 is 2.90 bits per heavy atom. The van der Waals surface area contributed by atoms with Gasteiger partial charge in [-0.05, 0) is 32.4 Å². The van der Waals surface area contributed by atoms with Crippen LogP contribution in [0, 0.1) is 0 Å². The van der Waals surface area contributed by atoms with Crippen molar-refractivity contribution in [2.45, 2.75) is 32.2 Å². The third-order valence-electron chi connectivity index (χ3n) is 3.11. The van der Waals surface area contributed by atoms with E-state index in [1.54, 1.807) is 32.3 Å². The monoisotopic (exact) mass is 275 g/mol. The number of hydrogen-bond donors (Lipinski definition) is 3. The van der Waals surface area contributed by atoms with E-state index >= 15 is 0 Å². The number of carboxylic acids is 1. The topological polar surface area (TPSA) is 95.1 Å². The lowest BCUT2D eigenvalue weighted by atomic mass is 9.98. The second kappa shape index (κ2) is 5.32. The van der Waals surface area contributed by atoms with Crippen molar-refractivity contribution in [1.29, 1.82) is 0 Å². The van der Waals surface area contributed by atoms with E-state index in [9.17, 15) is 9.59 Å². The molecule has 2 aromatic heterocycles. The van der Waals surface area contributed by atoms with Crippen molar-refractivity contribution < 1.29 is 14.7 Å². The van der Waals surface area contributed by atoms with Gasteiger partial charge in [-0.25, -0.2) is 4.98 Å². The van der Waals surface area contributed by atoms with Gasteiger partial charge in [0.2, 0.25) is 0 Å². The molecule has 0 unspecified atom stereocenters. The van der Waals surface area contributed by atoms with Crippen molar-refractivity contribution in [1.82, 2.24) is 15.3 Å². The van der Waals surface area contributed by atoms with Gasteiger partial charge in [0.15, 0.2) is 0 Å². The molecule has 20 heavy (non-hydrogen) atoms. The maximum atomic E-state index is 12.3. The zero-order chi connectivity index (χ0) is 14.8. The first-order valence-electron chi connectivity index (χ1n) is 6.35. The number of nitrogens with zero attached hydrogens (tertiary/aromatic N) is 1. The van der Waals surface area contributed by atoms with E-state index in [4.69, 9.17) is 5.11 Å². The van der Waals surface area contributed by atoms with Crippen LogP contribution >= 0.6 is 0 Å². The lowest BCUT2D eigenvalue weighted by molar-refractivity contribution is -0.137. The van der Waals surface area contributed by atoms with Gasteiger partial charge in [-0.3, -0.25) is 9.59 Å². The Balaban J connectivity index is 2.13. The van der Waals surface area contributed by atoms with E-state index in [0.717, 1.165) is 5.39 Å². The van der Waals surface area contributed by atoms with Crippen LogP contribution in [-0.4, -0.2) is 32.5 Å². The fourth-order valence-corrected chi connectivity index (χ4v) is 2.00. The Kier molecular flexibility index (Phi) is 3.74. The Bertz CT molecular complexity index is 646. The molecule has 0 bridgehead atoms. The van der Waals surface area contributed by atoms with Crippen molar-refractivity contribution >= 4 is 22.9 Å². The van der Waals surface area contributed by atoms with Crippen LogP contribution in [0.5, 0.6) is 0 Å². The summed E-state index contributed by atoms with van der Waals surface area (Å²) in [6.45, 7) is 3.61. The van der Waals surface area contributed by atoms with Crippen molar-refractivity contribution in [2.75, 3.05) is 0 Å². The predicted octanol–water partition coefficient (Wildman–Crippen LogP) is 1.94. The molecule has 2 aromatic rings. The van der Waals surface area contributed by atoms with Gasteiger partial charge in [0.25, 0.3) is 5.91 Å². The highest BCUT2D eigenvalue weighted by atomic mass is 16.4. The third-order valence-corrected chi connectivity index (χ3v) is 3.11. The molecule has 0 saturated carbocycles. The van der Waals surface area contributed by atoms with Crippen molar-refractivity contribution in [3.63, 3.8) is 0 Å². The number of carbonyl (C=O) groups is 2. The number of aliphatic carboxylic acids is 1. The third kappa shape index (κ3) is 3.14. The molecule has 2 heterocycles. The second-order valence-corrected chi connectivity index (χ2v) is 5.33. The fraction of sp³-hybridized carbons (Fsp3) is 0.357. The number of carboxylic acid groups (broad SMARTS) is 1. The number of rotatable bonds is 5. The van der Waals surface area contributed by atoms with Gasteiger partial charge in [0.1, 0.15) is 5.65 Å². The summed E-state index contributed by atoms with van der Waals surface area (Å²) >= 11 is 0. The average Bonchev–Trinajstić information content (AvgIpc) is 2.80. The van der Waals surface area contributed by atoms with Crippen molar-refractivity contribution in [3.05, 3.63) is 30.1 Å². The van der Waals surface area contributed by atoms with E-state index in [-0.39, 0.29) is 12.3 Å². The fourth-order valence-electron chi connectivity index (χ4n) is 2.00. The smallest absolute Gasteiger partial charge is 0.303 e. The number of aromatic amines is 1. The minimum absolute atomic E-state index is 0.0166. The molecule has 0 spiro atoms. The molecule has 0 radical (unpaired) electrons. The minimum Gasteiger partial charge on any atom is -0.481 e. The summed E-state index contributed by atoms with van der Waals surface area (Å²) in [4.78, 5) is 29.9. The SMILES string of the molecule is CC(C)(CCC(=O)O)NC(=O)c1c[nH]c2ncccc12. The highest BCUT2D eigenvalue weighted by Crippen LogP contribution is 2.18. The summed E-state index contributed by atoms with van der Waals surface area (Å²) in [7, 11) is 0.